The lowest BCUT2D eigenvalue weighted by atomic mass is 9.90. The van der Waals surface area contributed by atoms with Gasteiger partial charge in [-0.1, -0.05) is 48.0 Å². The normalized spacial score (nSPS) is 19.1. The Morgan fingerprint density at radius 1 is 1.00 bits per heavy atom. The van der Waals surface area contributed by atoms with Gasteiger partial charge in [0.2, 0.25) is 5.72 Å². The second-order valence-corrected chi connectivity index (χ2v) is 7.07. The smallest absolute Gasteiger partial charge is 0.201 e. The number of benzene rings is 3. The van der Waals surface area contributed by atoms with Crippen LogP contribution in [0.2, 0.25) is 5.02 Å². The minimum absolute atomic E-state index is 0.143. The van der Waals surface area contributed by atoms with Gasteiger partial charge in [0.05, 0.1) is 11.0 Å². The molecule has 2 atom stereocenters. The standard InChI is InChI=1S/C21H15ClN2O3/c22-12-9-10-18(25)14(11-12)19(26)21(27)15-6-2-1-5-13(15)20-23-16-7-3-4-8-17(16)24(20)21/h1-11,19,25-27H/t19-,21+/m1/s1. The number of halogens is 1. The third-order valence-corrected chi connectivity index (χ3v) is 5.37. The van der Waals surface area contributed by atoms with Crippen LogP contribution in [0.4, 0.5) is 0 Å². The summed E-state index contributed by atoms with van der Waals surface area (Å²) in [6.07, 6.45) is -1.46. The van der Waals surface area contributed by atoms with Gasteiger partial charge in [0.25, 0.3) is 0 Å². The molecule has 0 spiro atoms. The van der Waals surface area contributed by atoms with Crippen LogP contribution in [-0.4, -0.2) is 24.9 Å². The molecular formula is C21H15ClN2O3. The van der Waals surface area contributed by atoms with Gasteiger partial charge in [-0.2, -0.15) is 0 Å². The second kappa shape index (κ2) is 5.57. The van der Waals surface area contributed by atoms with Crippen molar-refractivity contribution in [2.75, 3.05) is 0 Å². The van der Waals surface area contributed by atoms with Crippen LogP contribution in [0.1, 0.15) is 17.2 Å². The van der Waals surface area contributed by atoms with Crippen molar-refractivity contribution in [2.45, 2.75) is 11.8 Å². The van der Waals surface area contributed by atoms with Crippen LogP contribution >= 0.6 is 11.6 Å². The van der Waals surface area contributed by atoms with Crippen LogP contribution in [0, 0.1) is 0 Å². The molecule has 1 aliphatic rings. The van der Waals surface area contributed by atoms with Gasteiger partial charge in [-0.3, -0.25) is 4.57 Å². The highest BCUT2D eigenvalue weighted by molar-refractivity contribution is 6.30. The second-order valence-electron chi connectivity index (χ2n) is 6.64. The van der Waals surface area contributed by atoms with E-state index in [9.17, 15) is 15.3 Å². The van der Waals surface area contributed by atoms with Gasteiger partial charge >= 0.3 is 0 Å². The van der Waals surface area contributed by atoms with E-state index in [2.05, 4.69) is 4.98 Å². The van der Waals surface area contributed by atoms with Crippen LogP contribution in [0.5, 0.6) is 5.75 Å². The van der Waals surface area contributed by atoms with Crippen molar-refractivity contribution in [1.82, 2.24) is 9.55 Å². The zero-order chi connectivity index (χ0) is 18.8. The molecule has 5 rings (SSSR count). The van der Waals surface area contributed by atoms with Gasteiger partial charge in [-0.05, 0) is 30.3 Å². The topological polar surface area (TPSA) is 78.5 Å². The Balaban J connectivity index is 1.84. The van der Waals surface area contributed by atoms with Gasteiger partial charge in [-0.25, -0.2) is 4.98 Å². The minimum atomic E-state index is -1.84. The minimum Gasteiger partial charge on any atom is -0.508 e. The SMILES string of the molecule is Oc1ccc(Cl)cc1[C@@H](O)[C@@]1(O)c2ccccc2-c2nc3ccccc3n21. The zero-order valence-corrected chi connectivity index (χ0v) is 14.8. The molecule has 6 heteroatoms. The molecule has 0 saturated heterocycles. The number of hydrogen-bond donors (Lipinski definition) is 3. The maximum atomic E-state index is 11.8. The molecule has 0 bridgehead atoms. The average molecular weight is 379 g/mol. The van der Waals surface area contributed by atoms with Gasteiger partial charge in [0.15, 0.2) is 0 Å². The van der Waals surface area contributed by atoms with E-state index in [4.69, 9.17) is 11.6 Å². The number of rotatable bonds is 2. The Kier molecular flexibility index (Phi) is 3.37. The number of aromatic hydroxyl groups is 1. The number of aliphatic hydroxyl groups excluding tert-OH is 1. The summed E-state index contributed by atoms with van der Waals surface area (Å²) in [6, 6.07) is 19.1. The van der Waals surface area contributed by atoms with E-state index in [1.165, 1.54) is 18.2 Å². The molecule has 27 heavy (non-hydrogen) atoms. The highest BCUT2D eigenvalue weighted by Gasteiger charge is 2.50. The Bertz CT molecular complexity index is 1200. The van der Waals surface area contributed by atoms with E-state index in [0.717, 1.165) is 5.56 Å². The van der Waals surface area contributed by atoms with E-state index in [1.54, 1.807) is 16.7 Å². The van der Waals surface area contributed by atoms with Crippen molar-refractivity contribution >= 4 is 22.6 Å². The van der Waals surface area contributed by atoms with E-state index in [-0.39, 0.29) is 11.3 Å². The lowest BCUT2D eigenvalue weighted by molar-refractivity contribution is -0.0978. The molecule has 0 amide bonds. The molecule has 0 fully saturated rings. The summed E-state index contributed by atoms with van der Waals surface area (Å²) in [6.45, 7) is 0. The monoisotopic (exact) mass is 378 g/mol. The predicted octanol–water partition coefficient (Wildman–Crippen LogP) is 3.80. The molecule has 0 saturated carbocycles. The zero-order valence-electron chi connectivity index (χ0n) is 14.0. The van der Waals surface area contributed by atoms with Gasteiger partial charge in [0.1, 0.15) is 17.7 Å². The van der Waals surface area contributed by atoms with Gasteiger partial charge < -0.3 is 15.3 Å². The number of nitrogens with zero attached hydrogens (tertiary/aromatic N) is 2. The first-order chi connectivity index (χ1) is 13.0. The highest BCUT2D eigenvalue weighted by atomic mass is 35.5. The summed E-state index contributed by atoms with van der Waals surface area (Å²) in [5.41, 5.74) is 0.950. The first-order valence-corrected chi connectivity index (χ1v) is 8.86. The maximum absolute atomic E-state index is 11.8. The predicted molar refractivity (Wildman–Crippen MR) is 103 cm³/mol. The molecular weight excluding hydrogens is 364 g/mol. The number of phenols is 1. The average Bonchev–Trinajstić information content (AvgIpc) is 3.19. The van der Waals surface area contributed by atoms with Crippen LogP contribution in [0.3, 0.4) is 0 Å². The van der Waals surface area contributed by atoms with Crippen LogP contribution in [0.15, 0.2) is 66.7 Å². The Morgan fingerprint density at radius 2 is 1.74 bits per heavy atom. The summed E-state index contributed by atoms with van der Waals surface area (Å²) < 4.78 is 1.62. The molecule has 134 valence electrons. The molecule has 3 aromatic carbocycles. The van der Waals surface area contributed by atoms with Crippen molar-refractivity contribution < 1.29 is 15.3 Å². The van der Waals surface area contributed by atoms with E-state index < -0.39 is 11.8 Å². The molecule has 0 unspecified atom stereocenters. The van der Waals surface area contributed by atoms with Crippen LogP contribution in [-0.2, 0) is 5.72 Å². The van der Waals surface area contributed by atoms with Gasteiger partial charge in [-0.15, -0.1) is 0 Å². The molecule has 2 heterocycles. The molecule has 4 aromatic rings. The van der Waals surface area contributed by atoms with Gasteiger partial charge in [0, 0.05) is 21.7 Å². The number of aromatic nitrogens is 2. The quantitative estimate of drug-likeness (QED) is 0.495. The van der Waals surface area contributed by atoms with E-state index in [0.29, 0.717) is 27.4 Å². The molecule has 5 nitrogen and oxygen atoms in total. The number of para-hydroxylation sites is 2. The summed E-state index contributed by atoms with van der Waals surface area (Å²) in [4.78, 5) is 4.65. The maximum Gasteiger partial charge on any atom is 0.201 e. The molecule has 0 radical (unpaired) electrons. The fourth-order valence-electron chi connectivity index (χ4n) is 3.90. The lowest BCUT2D eigenvalue weighted by Crippen LogP contribution is -2.38. The lowest BCUT2D eigenvalue weighted by Gasteiger charge is -2.33. The van der Waals surface area contributed by atoms with E-state index in [1.807, 2.05) is 36.4 Å². The third-order valence-electron chi connectivity index (χ3n) is 5.13. The van der Waals surface area contributed by atoms with Crippen molar-refractivity contribution in [3.63, 3.8) is 0 Å². The molecule has 3 N–H and O–H groups in total. The molecule has 1 aliphatic heterocycles. The Morgan fingerprint density at radius 3 is 2.59 bits per heavy atom. The summed E-state index contributed by atoms with van der Waals surface area (Å²) in [5, 5.41) is 33.7. The summed E-state index contributed by atoms with van der Waals surface area (Å²) in [5.74, 6) is 0.422. The fraction of sp³-hybridized carbons (Fsp3) is 0.0952. The first-order valence-electron chi connectivity index (χ1n) is 8.48. The third kappa shape index (κ3) is 2.10. The number of phenolic OH excluding ortho intramolecular Hbond substituents is 1. The Labute approximate surface area is 159 Å². The summed E-state index contributed by atoms with van der Waals surface area (Å²) >= 11 is 6.06. The first kappa shape index (κ1) is 16.3. The number of imidazole rings is 1. The number of aliphatic hydroxyl groups is 2. The van der Waals surface area contributed by atoms with Crippen LogP contribution in [0.25, 0.3) is 22.4 Å². The van der Waals surface area contributed by atoms with Crippen LogP contribution < -0.4 is 0 Å². The fourth-order valence-corrected chi connectivity index (χ4v) is 4.08. The molecule has 1 aromatic heterocycles. The summed E-state index contributed by atoms with van der Waals surface area (Å²) in [7, 11) is 0. The largest absolute Gasteiger partial charge is 0.508 e. The van der Waals surface area contributed by atoms with Crippen molar-refractivity contribution in [2.24, 2.45) is 0 Å². The highest BCUT2D eigenvalue weighted by Crippen LogP contribution is 2.51. The number of fused-ring (bicyclic) bond motifs is 5. The van der Waals surface area contributed by atoms with Crippen molar-refractivity contribution in [1.29, 1.82) is 0 Å². The molecule has 0 aliphatic carbocycles. The Hall–Kier alpha value is -2.86. The number of hydrogen-bond acceptors (Lipinski definition) is 4. The van der Waals surface area contributed by atoms with Crippen molar-refractivity contribution in [3.8, 4) is 17.1 Å². The van der Waals surface area contributed by atoms with E-state index >= 15 is 0 Å². The van der Waals surface area contributed by atoms with Crippen molar-refractivity contribution in [3.05, 3.63) is 82.9 Å².